The van der Waals surface area contributed by atoms with E-state index in [1.807, 2.05) is 0 Å². The van der Waals surface area contributed by atoms with Gasteiger partial charge in [0.2, 0.25) is 0 Å². The number of hydrogen-bond donors (Lipinski definition) is 2. The summed E-state index contributed by atoms with van der Waals surface area (Å²) in [6, 6.07) is 0. The van der Waals surface area contributed by atoms with Crippen LogP contribution in [0.5, 0.6) is 0 Å². The summed E-state index contributed by atoms with van der Waals surface area (Å²) in [7, 11) is 0. The average molecular weight is 184 g/mol. The van der Waals surface area contributed by atoms with Crippen molar-refractivity contribution < 1.29 is 19.7 Å². The SMILES string of the molecule is O=C1OC[C@@H]2[C@@H]1[C@H]1C[C@@H](O)[C@H]2[C@@H]1O. The third-order valence-electron chi connectivity index (χ3n) is 3.90. The van der Waals surface area contributed by atoms with E-state index in [1.165, 1.54) is 0 Å². The number of aliphatic hydroxyl groups is 2. The molecule has 13 heavy (non-hydrogen) atoms. The fourth-order valence-corrected chi connectivity index (χ4v) is 3.38. The molecule has 0 radical (unpaired) electrons. The highest BCUT2D eigenvalue weighted by Crippen LogP contribution is 2.55. The molecule has 72 valence electrons. The molecule has 3 rings (SSSR count). The third-order valence-corrected chi connectivity index (χ3v) is 3.90. The molecule has 6 atom stereocenters. The summed E-state index contributed by atoms with van der Waals surface area (Å²) in [6.45, 7) is 0.388. The number of carbonyl (C=O) groups excluding carboxylic acids is 1. The van der Waals surface area contributed by atoms with Crippen LogP contribution in [-0.4, -0.2) is 35.0 Å². The number of fused-ring (bicyclic) bond motifs is 5. The monoisotopic (exact) mass is 184 g/mol. The first-order valence-corrected chi connectivity index (χ1v) is 4.73. The Morgan fingerprint density at radius 2 is 2.08 bits per heavy atom. The molecule has 0 aromatic rings. The molecule has 4 heteroatoms. The number of rotatable bonds is 0. The van der Waals surface area contributed by atoms with E-state index >= 15 is 0 Å². The normalized spacial score (nSPS) is 58.2. The average Bonchev–Trinajstić information content (AvgIpc) is 2.64. The van der Waals surface area contributed by atoms with Gasteiger partial charge >= 0.3 is 5.97 Å². The van der Waals surface area contributed by atoms with Crippen LogP contribution in [0.4, 0.5) is 0 Å². The van der Waals surface area contributed by atoms with Gasteiger partial charge in [0.1, 0.15) is 0 Å². The molecule has 0 aromatic carbocycles. The summed E-state index contributed by atoms with van der Waals surface area (Å²) in [5.74, 6) is -0.426. The summed E-state index contributed by atoms with van der Waals surface area (Å²) in [5, 5.41) is 19.4. The molecule has 0 spiro atoms. The molecule has 3 fully saturated rings. The van der Waals surface area contributed by atoms with Crippen molar-refractivity contribution in [2.24, 2.45) is 23.7 Å². The maximum Gasteiger partial charge on any atom is 0.309 e. The van der Waals surface area contributed by atoms with Crippen LogP contribution in [0, 0.1) is 23.7 Å². The molecule has 4 nitrogen and oxygen atoms in total. The van der Waals surface area contributed by atoms with Crippen molar-refractivity contribution in [2.75, 3.05) is 6.61 Å². The predicted molar refractivity (Wildman–Crippen MR) is 41.5 cm³/mol. The van der Waals surface area contributed by atoms with Gasteiger partial charge in [0.25, 0.3) is 0 Å². The Kier molecular flexibility index (Phi) is 1.34. The topological polar surface area (TPSA) is 66.8 Å². The second kappa shape index (κ2) is 2.25. The van der Waals surface area contributed by atoms with Gasteiger partial charge in [-0.3, -0.25) is 4.79 Å². The van der Waals surface area contributed by atoms with E-state index in [9.17, 15) is 15.0 Å². The Labute approximate surface area is 75.5 Å². The van der Waals surface area contributed by atoms with E-state index in [-0.39, 0.29) is 29.6 Å². The molecule has 1 saturated heterocycles. The van der Waals surface area contributed by atoms with Crippen molar-refractivity contribution in [3.8, 4) is 0 Å². The summed E-state index contributed by atoms with van der Waals surface area (Å²) in [4.78, 5) is 11.3. The molecule has 2 saturated carbocycles. The molecule has 2 N–H and O–H groups in total. The van der Waals surface area contributed by atoms with Gasteiger partial charge < -0.3 is 14.9 Å². The first-order valence-electron chi connectivity index (χ1n) is 4.73. The van der Waals surface area contributed by atoms with Crippen LogP contribution in [0.3, 0.4) is 0 Å². The van der Waals surface area contributed by atoms with E-state index in [0.717, 1.165) is 0 Å². The molecule has 1 heterocycles. The van der Waals surface area contributed by atoms with E-state index in [4.69, 9.17) is 4.74 Å². The highest BCUT2D eigenvalue weighted by Gasteiger charge is 2.63. The lowest BCUT2D eigenvalue weighted by Crippen LogP contribution is -2.31. The van der Waals surface area contributed by atoms with Crippen LogP contribution in [0.1, 0.15) is 6.42 Å². The van der Waals surface area contributed by atoms with Gasteiger partial charge in [0.05, 0.1) is 24.7 Å². The van der Waals surface area contributed by atoms with E-state index in [0.29, 0.717) is 13.0 Å². The number of esters is 1. The number of aliphatic hydroxyl groups excluding tert-OH is 2. The van der Waals surface area contributed by atoms with E-state index < -0.39 is 12.2 Å². The Morgan fingerprint density at radius 3 is 2.85 bits per heavy atom. The van der Waals surface area contributed by atoms with Gasteiger partial charge in [-0.1, -0.05) is 0 Å². The molecular weight excluding hydrogens is 172 g/mol. The largest absolute Gasteiger partial charge is 0.465 e. The highest BCUT2D eigenvalue weighted by atomic mass is 16.5. The van der Waals surface area contributed by atoms with Gasteiger partial charge in [-0.25, -0.2) is 0 Å². The third kappa shape index (κ3) is 0.758. The summed E-state index contributed by atoms with van der Waals surface area (Å²) in [5.41, 5.74) is 0. The first kappa shape index (κ1) is 7.76. The molecule has 0 aromatic heterocycles. The Bertz CT molecular complexity index is 262. The zero-order valence-corrected chi connectivity index (χ0v) is 7.09. The lowest BCUT2D eigenvalue weighted by Gasteiger charge is -2.23. The van der Waals surface area contributed by atoms with Gasteiger partial charge in [-0.2, -0.15) is 0 Å². The van der Waals surface area contributed by atoms with Crippen molar-refractivity contribution in [3.05, 3.63) is 0 Å². The smallest absolute Gasteiger partial charge is 0.309 e. The quantitative estimate of drug-likeness (QED) is 0.481. The van der Waals surface area contributed by atoms with Gasteiger partial charge in [0, 0.05) is 17.8 Å². The molecule has 2 aliphatic carbocycles. The molecule has 0 amide bonds. The molecule has 0 unspecified atom stereocenters. The predicted octanol–water partition coefficient (Wildman–Crippen LogP) is -0.853. The van der Waals surface area contributed by atoms with Crippen LogP contribution in [0.15, 0.2) is 0 Å². The standard InChI is InChI=1S/C9H12O4/c10-5-1-3-6-4(2-13-9(6)12)7(5)8(3)11/h3-8,10-11H,1-2H2/t3-,4-,5-,6+,7+,8-/m1/s1. The minimum absolute atomic E-state index is 0.0556. The molecular formula is C9H12O4. The summed E-state index contributed by atoms with van der Waals surface area (Å²) < 4.78 is 4.94. The zero-order chi connectivity index (χ0) is 9.16. The van der Waals surface area contributed by atoms with Crippen LogP contribution in [-0.2, 0) is 9.53 Å². The summed E-state index contributed by atoms with van der Waals surface area (Å²) in [6.07, 6.45) is -0.365. The van der Waals surface area contributed by atoms with Gasteiger partial charge in [0.15, 0.2) is 0 Å². The van der Waals surface area contributed by atoms with Gasteiger partial charge in [-0.05, 0) is 6.42 Å². The maximum atomic E-state index is 11.3. The maximum absolute atomic E-state index is 11.3. The second-order valence-electron chi connectivity index (χ2n) is 4.35. The Hall–Kier alpha value is -0.610. The fourth-order valence-electron chi connectivity index (χ4n) is 3.38. The van der Waals surface area contributed by atoms with Crippen molar-refractivity contribution in [3.63, 3.8) is 0 Å². The lowest BCUT2D eigenvalue weighted by molar-refractivity contribution is -0.143. The minimum atomic E-state index is -0.488. The number of carbonyl (C=O) groups is 1. The molecule has 1 aliphatic heterocycles. The first-order chi connectivity index (χ1) is 6.20. The number of cyclic esters (lactones) is 1. The van der Waals surface area contributed by atoms with Crippen LogP contribution in [0.2, 0.25) is 0 Å². The van der Waals surface area contributed by atoms with E-state index in [2.05, 4.69) is 0 Å². The number of ether oxygens (including phenoxy) is 1. The lowest BCUT2D eigenvalue weighted by atomic mass is 9.80. The Morgan fingerprint density at radius 1 is 1.31 bits per heavy atom. The Balaban J connectivity index is 1.98. The zero-order valence-electron chi connectivity index (χ0n) is 7.09. The van der Waals surface area contributed by atoms with Crippen LogP contribution < -0.4 is 0 Å². The number of hydrogen-bond acceptors (Lipinski definition) is 4. The van der Waals surface area contributed by atoms with Crippen molar-refractivity contribution in [2.45, 2.75) is 18.6 Å². The highest BCUT2D eigenvalue weighted by molar-refractivity contribution is 5.76. The minimum Gasteiger partial charge on any atom is -0.465 e. The van der Waals surface area contributed by atoms with Crippen LogP contribution >= 0.6 is 0 Å². The van der Waals surface area contributed by atoms with Crippen molar-refractivity contribution in [1.29, 1.82) is 0 Å². The van der Waals surface area contributed by atoms with Gasteiger partial charge in [-0.15, -0.1) is 0 Å². The molecule has 2 bridgehead atoms. The van der Waals surface area contributed by atoms with E-state index in [1.54, 1.807) is 0 Å². The molecule has 3 aliphatic rings. The second-order valence-corrected chi connectivity index (χ2v) is 4.35. The fraction of sp³-hybridized carbons (Fsp3) is 0.889. The van der Waals surface area contributed by atoms with Crippen molar-refractivity contribution >= 4 is 5.97 Å². The van der Waals surface area contributed by atoms with Crippen LogP contribution in [0.25, 0.3) is 0 Å². The summed E-state index contributed by atoms with van der Waals surface area (Å²) >= 11 is 0. The van der Waals surface area contributed by atoms with Crippen molar-refractivity contribution in [1.82, 2.24) is 0 Å².